The lowest BCUT2D eigenvalue weighted by Crippen LogP contribution is -2.34. The SMILES string of the molecule is CC(N[C@@H](C)c1cccc(Br)c1)C1CCCC1. The van der Waals surface area contributed by atoms with Gasteiger partial charge in [-0.1, -0.05) is 40.9 Å². The van der Waals surface area contributed by atoms with E-state index >= 15 is 0 Å². The molecule has 0 spiro atoms. The van der Waals surface area contributed by atoms with Crippen LogP contribution in [0.4, 0.5) is 0 Å². The van der Waals surface area contributed by atoms with Gasteiger partial charge in [-0.05, 0) is 50.3 Å². The number of nitrogens with one attached hydrogen (secondary N) is 1. The number of hydrogen-bond acceptors (Lipinski definition) is 1. The van der Waals surface area contributed by atoms with Crippen LogP contribution >= 0.6 is 15.9 Å². The molecule has 1 aromatic carbocycles. The van der Waals surface area contributed by atoms with Gasteiger partial charge in [0.1, 0.15) is 0 Å². The summed E-state index contributed by atoms with van der Waals surface area (Å²) in [5.74, 6) is 0.879. The summed E-state index contributed by atoms with van der Waals surface area (Å²) in [7, 11) is 0. The van der Waals surface area contributed by atoms with Crippen molar-refractivity contribution in [3.8, 4) is 0 Å². The average molecular weight is 296 g/mol. The molecule has 2 rings (SSSR count). The van der Waals surface area contributed by atoms with Crippen LogP contribution in [0.25, 0.3) is 0 Å². The fourth-order valence-electron chi connectivity index (χ4n) is 2.86. The smallest absolute Gasteiger partial charge is 0.0294 e. The molecule has 2 atom stereocenters. The Morgan fingerprint density at radius 2 is 1.94 bits per heavy atom. The Balaban J connectivity index is 1.93. The van der Waals surface area contributed by atoms with Crippen LogP contribution < -0.4 is 5.32 Å². The van der Waals surface area contributed by atoms with Crippen LogP contribution in [0.1, 0.15) is 51.1 Å². The van der Waals surface area contributed by atoms with Gasteiger partial charge in [0.15, 0.2) is 0 Å². The van der Waals surface area contributed by atoms with Gasteiger partial charge in [0, 0.05) is 16.6 Å². The van der Waals surface area contributed by atoms with Gasteiger partial charge in [0.25, 0.3) is 0 Å². The lowest BCUT2D eigenvalue weighted by Gasteiger charge is -2.25. The minimum atomic E-state index is 0.433. The van der Waals surface area contributed by atoms with Crippen molar-refractivity contribution in [1.29, 1.82) is 0 Å². The fraction of sp³-hybridized carbons (Fsp3) is 0.600. The van der Waals surface area contributed by atoms with Gasteiger partial charge in [-0.3, -0.25) is 0 Å². The molecule has 1 aliphatic carbocycles. The summed E-state index contributed by atoms with van der Waals surface area (Å²) in [6, 6.07) is 9.66. The van der Waals surface area contributed by atoms with E-state index in [2.05, 4.69) is 59.4 Å². The van der Waals surface area contributed by atoms with Crippen molar-refractivity contribution < 1.29 is 0 Å². The summed E-state index contributed by atoms with van der Waals surface area (Å²) in [6.07, 6.45) is 5.64. The van der Waals surface area contributed by atoms with Crippen LogP contribution in [0, 0.1) is 5.92 Å². The van der Waals surface area contributed by atoms with E-state index in [4.69, 9.17) is 0 Å². The second kappa shape index (κ2) is 6.01. The minimum absolute atomic E-state index is 0.433. The molecule has 1 aromatic rings. The first-order valence-corrected chi connectivity index (χ1v) is 7.47. The highest BCUT2D eigenvalue weighted by Crippen LogP contribution is 2.29. The predicted molar refractivity (Wildman–Crippen MR) is 77.1 cm³/mol. The van der Waals surface area contributed by atoms with E-state index in [9.17, 15) is 0 Å². The fourth-order valence-corrected chi connectivity index (χ4v) is 3.28. The minimum Gasteiger partial charge on any atom is -0.307 e. The third-order valence-corrected chi connectivity index (χ3v) is 4.46. The standard InChI is InChI=1S/C15H22BrN/c1-11(13-6-3-4-7-13)17-12(2)14-8-5-9-15(16)10-14/h5,8-13,17H,3-4,6-7H2,1-2H3/t11?,12-/m0/s1. The summed E-state index contributed by atoms with van der Waals surface area (Å²) < 4.78 is 1.16. The van der Waals surface area contributed by atoms with Crippen molar-refractivity contribution in [2.75, 3.05) is 0 Å². The molecule has 1 unspecified atom stereocenters. The quantitative estimate of drug-likeness (QED) is 0.850. The van der Waals surface area contributed by atoms with Crippen molar-refractivity contribution in [3.63, 3.8) is 0 Å². The van der Waals surface area contributed by atoms with Gasteiger partial charge >= 0.3 is 0 Å². The molecule has 0 aliphatic heterocycles. The summed E-state index contributed by atoms with van der Waals surface area (Å²) in [5.41, 5.74) is 1.37. The van der Waals surface area contributed by atoms with Crippen LogP contribution in [-0.2, 0) is 0 Å². The summed E-state index contributed by atoms with van der Waals surface area (Å²) in [5, 5.41) is 3.74. The predicted octanol–water partition coefficient (Wildman–Crippen LogP) is 4.68. The van der Waals surface area contributed by atoms with Gasteiger partial charge in [-0.2, -0.15) is 0 Å². The van der Waals surface area contributed by atoms with Crippen molar-refractivity contribution in [3.05, 3.63) is 34.3 Å². The number of hydrogen-bond donors (Lipinski definition) is 1. The van der Waals surface area contributed by atoms with Gasteiger partial charge in [-0.25, -0.2) is 0 Å². The second-order valence-electron chi connectivity index (χ2n) is 5.28. The Bertz CT molecular complexity index is 358. The maximum atomic E-state index is 3.74. The molecule has 1 saturated carbocycles. The van der Waals surface area contributed by atoms with Gasteiger partial charge in [-0.15, -0.1) is 0 Å². The third kappa shape index (κ3) is 3.56. The monoisotopic (exact) mass is 295 g/mol. The summed E-state index contributed by atoms with van der Waals surface area (Å²) in [6.45, 7) is 4.59. The molecule has 94 valence electrons. The van der Waals surface area contributed by atoms with E-state index in [1.165, 1.54) is 31.2 Å². The summed E-state index contributed by atoms with van der Waals surface area (Å²) in [4.78, 5) is 0. The molecule has 0 bridgehead atoms. The molecular weight excluding hydrogens is 274 g/mol. The molecule has 1 nitrogen and oxygen atoms in total. The highest BCUT2D eigenvalue weighted by Gasteiger charge is 2.22. The van der Waals surface area contributed by atoms with Crippen LogP contribution in [0.15, 0.2) is 28.7 Å². The first kappa shape index (κ1) is 13.1. The van der Waals surface area contributed by atoms with E-state index in [1.807, 2.05) is 0 Å². The van der Waals surface area contributed by atoms with E-state index in [1.54, 1.807) is 0 Å². The van der Waals surface area contributed by atoms with Crippen molar-refractivity contribution in [2.24, 2.45) is 5.92 Å². The van der Waals surface area contributed by atoms with E-state index in [-0.39, 0.29) is 0 Å². The maximum absolute atomic E-state index is 3.74. The molecule has 0 radical (unpaired) electrons. The molecule has 1 N–H and O–H groups in total. The van der Waals surface area contributed by atoms with Gasteiger partial charge in [0.2, 0.25) is 0 Å². The van der Waals surface area contributed by atoms with Crippen LogP contribution in [0.5, 0.6) is 0 Å². The number of rotatable bonds is 4. The Morgan fingerprint density at radius 3 is 2.59 bits per heavy atom. The average Bonchev–Trinajstić information content (AvgIpc) is 2.82. The molecule has 17 heavy (non-hydrogen) atoms. The molecule has 0 saturated heterocycles. The number of benzene rings is 1. The Hall–Kier alpha value is -0.340. The molecule has 0 heterocycles. The third-order valence-electron chi connectivity index (χ3n) is 3.97. The van der Waals surface area contributed by atoms with E-state index < -0.39 is 0 Å². The van der Waals surface area contributed by atoms with Crippen LogP contribution in [0.3, 0.4) is 0 Å². The first-order chi connectivity index (χ1) is 8.16. The Labute approximate surface area is 113 Å². The second-order valence-corrected chi connectivity index (χ2v) is 6.19. The molecule has 1 aliphatic rings. The number of halogens is 1. The Kier molecular flexibility index (Phi) is 4.63. The van der Waals surface area contributed by atoms with Crippen LogP contribution in [-0.4, -0.2) is 6.04 Å². The first-order valence-electron chi connectivity index (χ1n) is 6.68. The van der Waals surface area contributed by atoms with Crippen molar-refractivity contribution in [2.45, 2.75) is 51.6 Å². The normalized spacial score (nSPS) is 20.4. The highest BCUT2D eigenvalue weighted by atomic mass is 79.9. The lowest BCUT2D eigenvalue weighted by atomic mass is 9.98. The largest absolute Gasteiger partial charge is 0.307 e. The molecule has 1 fully saturated rings. The maximum Gasteiger partial charge on any atom is 0.0294 e. The van der Waals surface area contributed by atoms with Gasteiger partial charge < -0.3 is 5.32 Å². The zero-order valence-electron chi connectivity index (χ0n) is 10.7. The topological polar surface area (TPSA) is 12.0 Å². The zero-order chi connectivity index (χ0) is 12.3. The van der Waals surface area contributed by atoms with Gasteiger partial charge in [0.05, 0.1) is 0 Å². The molecular formula is C15H22BrN. The molecule has 0 aromatic heterocycles. The molecule has 2 heteroatoms. The Morgan fingerprint density at radius 1 is 1.24 bits per heavy atom. The highest BCUT2D eigenvalue weighted by molar-refractivity contribution is 9.10. The molecule has 0 amide bonds. The zero-order valence-corrected chi connectivity index (χ0v) is 12.3. The van der Waals surface area contributed by atoms with E-state index in [0.717, 1.165) is 10.4 Å². The lowest BCUT2D eigenvalue weighted by molar-refractivity contribution is 0.352. The van der Waals surface area contributed by atoms with E-state index in [0.29, 0.717) is 12.1 Å². The van der Waals surface area contributed by atoms with Crippen molar-refractivity contribution >= 4 is 15.9 Å². The van der Waals surface area contributed by atoms with Crippen molar-refractivity contribution in [1.82, 2.24) is 5.32 Å². The summed E-state index contributed by atoms with van der Waals surface area (Å²) >= 11 is 3.54. The van der Waals surface area contributed by atoms with Crippen LogP contribution in [0.2, 0.25) is 0 Å².